The fraction of sp³-hybridized carbons (Fsp3) is 0.714. The van der Waals surface area contributed by atoms with E-state index >= 15 is 0 Å². The smallest absolute Gasteiger partial charge is 0.0680 e. The van der Waals surface area contributed by atoms with E-state index in [2.05, 4.69) is 37.3 Å². The van der Waals surface area contributed by atoms with Crippen molar-refractivity contribution in [3.8, 4) is 0 Å². The number of hydrogen-bond acceptors (Lipinski definition) is 2. The van der Waals surface area contributed by atoms with E-state index in [0.717, 1.165) is 5.88 Å². The molecule has 0 amide bonds. The molecule has 0 fully saturated rings. The van der Waals surface area contributed by atoms with Crippen LogP contribution in [0.5, 0.6) is 0 Å². The second-order valence-corrected chi connectivity index (χ2v) is 4.09. The molecule has 0 bridgehead atoms. The van der Waals surface area contributed by atoms with Crippen molar-refractivity contribution < 1.29 is 0 Å². The first-order valence-electron chi connectivity index (χ1n) is 3.16. The normalized spacial score (nSPS) is 19.2. The Hall–Kier alpha value is -0.110. The third-order valence-corrected chi connectivity index (χ3v) is 2.15. The highest BCUT2D eigenvalue weighted by Crippen LogP contribution is 2.23. The zero-order valence-corrected chi connectivity index (χ0v) is 7.03. The molecule has 9 heavy (non-hydrogen) atoms. The van der Waals surface area contributed by atoms with Gasteiger partial charge < -0.3 is 4.90 Å². The summed E-state index contributed by atoms with van der Waals surface area (Å²) < 4.78 is 0. The van der Waals surface area contributed by atoms with Crippen LogP contribution in [0.2, 0.25) is 0 Å². The molecular formula is C7H13NS. The predicted octanol–water partition coefficient (Wildman–Crippen LogP) is 2.26. The van der Waals surface area contributed by atoms with Gasteiger partial charge in [0.15, 0.2) is 0 Å². The summed E-state index contributed by atoms with van der Waals surface area (Å²) in [5, 5.41) is 2.14. The molecule has 52 valence electrons. The lowest BCUT2D eigenvalue weighted by molar-refractivity contribution is 0.244. The van der Waals surface area contributed by atoms with Crippen LogP contribution in [0.4, 0.5) is 0 Å². The van der Waals surface area contributed by atoms with Crippen LogP contribution in [0.15, 0.2) is 11.6 Å². The summed E-state index contributed by atoms with van der Waals surface area (Å²) in [4.78, 5) is 2.33. The Kier molecular flexibility index (Phi) is 1.75. The van der Waals surface area contributed by atoms with Crippen molar-refractivity contribution >= 4 is 11.8 Å². The molecule has 0 atom stereocenters. The maximum Gasteiger partial charge on any atom is 0.0680 e. The fourth-order valence-electron chi connectivity index (χ4n) is 0.700. The van der Waals surface area contributed by atoms with Crippen molar-refractivity contribution in [2.75, 3.05) is 5.88 Å². The predicted molar refractivity (Wildman–Crippen MR) is 43.2 cm³/mol. The first-order chi connectivity index (χ1) is 4.11. The molecule has 1 aliphatic heterocycles. The number of nitrogens with zero attached hydrogens (tertiary/aromatic N) is 1. The first-order valence-corrected chi connectivity index (χ1v) is 4.20. The Morgan fingerprint density at radius 2 is 2.11 bits per heavy atom. The Morgan fingerprint density at radius 1 is 1.44 bits per heavy atom. The Morgan fingerprint density at radius 3 is 2.33 bits per heavy atom. The second-order valence-electron chi connectivity index (χ2n) is 3.22. The minimum atomic E-state index is 0.306. The van der Waals surface area contributed by atoms with E-state index in [4.69, 9.17) is 0 Å². The average molecular weight is 143 g/mol. The van der Waals surface area contributed by atoms with Gasteiger partial charge in [0.05, 0.1) is 5.88 Å². The van der Waals surface area contributed by atoms with Crippen molar-refractivity contribution in [1.82, 2.24) is 4.90 Å². The molecule has 1 heterocycles. The van der Waals surface area contributed by atoms with Gasteiger partial charge in [-0.25, -0.2) is 0 Å². The van der Waals surface area contributed by atoms with Gasteiger partial charge in [-0.15, -0.1) is 11.8 Å². The number of hydrogen-bond donors (Lipinski definition) is 0. The summed E-state index contributed by atoms with van der Waals surface area (Å²) in [6, 6.07) is 0. The summed E-state index contributed by atoms with van der Waals surface area (Å²) >= 11 is 1.85. The Bertz CT molecular complexity index is 123. The highest BCUT2D eigenvalue weighted by molar-refractivity contribution is 8.02. The fourth-order valence-corrected chi connectivity index (χ4v) is 1.65. The molecule has 0 aromatic heterocycles. The summed E-state index contributed by atoms with van der Waals surface area (Å²) in [6.07, 6.45) is 2.16. The topological polar surface area (TPSA) is 3.24 Å². The van der Waals surface area contributed by atoms with Crippen LogP contribution >= 0.6 is 11.8 Å². The summed E-state index contributed by atoms with van der Waals surface area (Å²) in [6.45, 7) is 6.68. The summed E-state index contributed by atoms with van der Waals surface area (Å²) in [5.41, 5.74) is 0.306. The lowest BCUT2D eigenvalue weighted by atomic mass is 10.1. The van der Waals surface area contributed by atoms with Gasteiger partial charge >= 0.3 is 0 Å². The van der Waals surface area contributed by atoms with E-state index in [1.54, 1.807) is 0 Å². The monoisotopic (exact) mass is 143 g/mol. The number of rotatable bonds is 0. The first kappa shape index (κ1) is 7.00. The van der Waals surface area contributed by atoms with Crippen LogP contribution in [0.3, 0.4) is 0 Å². The lowest BCUT2D eigenvalue weighted by Crippen LogP contribution is -2.34. The molecule has 1 nitrogen and oxygen atoms in total. The molecule has 0 unspecified atom stereocenters. The van der Waals surface area contributed by atoms with Crippen LogP contribution in [-0.4, -0.2) is 16.3 Å². The maximum absolute atomic E-state index is 2.33. The van der Waals surface area contributed by atoms with Crippen molar-refractivity contribution in [2.24, 2.45) is 0 Å². The third kappa shape index (κ3) is 1.65. The number of thioether (sulfide) groups is 1. The second kappa shape index (κ2) is 2.25. The van der Waals surface area contributed by atoms with E-state index in [1.807, 2.05) is 11.8 Å². The SMILES string of the molecule is CC(C)(C)N1C=CSC1. The molecular weight excluding hydrogens is 130 g/mol. The van der Waals surface area contributed by atoms with E-state index in [0.29, 0.717) is 5.54 Å². The lowest BCUT2D eigenvalue weighted by Gasteiger charge is -2.30. The molecule has 0 aliphatic carbocycles. The molecule has 0 aromatic carbocycles. The van der Waals surface area contributed by atoms with Gasteiger partial charge in [-0.05, 0) is 26.2 Å². The van der Waals surface area contributed by atoms with Crippen LogP contribution in [0, 0.1) is 0 Å². The summed E-state index contributed by atoms with van der Waals surface area (Å²) in [7, 11) is 0. The quantitative estimate of drug-likeness (QED) is 0.511. The van der Waals surface area contributed by atoms with Gasteiger partial charge in [0.25, 0.3) is 0 Å². The van der Waals surface area contributed by atoms with Crippen LogP contribution in [0.25, 0.3) is 0 Å². The molecule has 0 spiro atoms. The van der Waals surface area contributed by atoms with Crippen molar-refractivity contribution in [1.29, 1.82) is 0 Å². The molecule has 0 aromatic rings. The standard InChI is InChI=1S/C7H13NS/c1-7(2,3)8-4-5-9-6-8/h4-5H,6H2,1-3H3. The summed E-state index contributed by atoms with van der Waals surface area (Å²) in [5.74, 6) is 1.11. The minimum Gasteiger partial charge on any atom is -0.363 e. The van der Waals surface area contributed by atoms with Gasteiger partial charge in [-0.3, -0.25) is 0 Å². The maximum atomic E-state index is 2.33. The van der Waals surface area contributed by atoms with Crippen LogP contribution < -0.4 is 0 Å². The third-order valence-electron chi connectivity index (χ3n) is 1.41. The molecule has 2 heteroatoms. The van der Waals surface area contributed by atoms with E-state index in [1.165, 1.54) is 0 Å². The van der Waals surface area contributed by atoms with E-state index in [9.17, 15) is 0 Å². The Balaban J connectivity index is 2.53. The molecule has 1 rings (SSSR count). The molecule has 0 saturated heterocycles. The average Bonchev–Trinajstić information content (AvgIpc) is 2.08. The van der Waals surface area contributed by atoms with Crippen molar-refractivity contribution in [3.63, 3.8) is 0 Å². The van der Waals surface area contributed by atoms with Crippen molar-refractivity contribution in [2.45, 2.75) is 26.3 Å². The van der Waals surface area contributed by atoms with Gasteiger partial charge in [-0.1, -0.05) is 0 Å². The molecule has 1 aliphatic rings. The highest BCUT2D eigenvalue weighted by atomic mass is 32.2. The van der Waals surface area contributed by atoms with Gasteiger partial charge in [-0.2, -0.15) is 0 Å². The van der Waals surface area contributed by atoms with Crippen molar-refractivity contribution in [3.05, 3.63) is 11.6 Å². The molecule has 0 N–H and O–H groups in total. The zero-order chi connectivity index (χ0) is 6.91. The van der Waals surface area contributed by atoms with E-state index in [-0.39, 0.29) is 0 Å². The van der Waals surface area contributed by atoms with Gasteiger partial charge in [0.2, 0.25) is 0 Å². The van der Waals surface area contributed by atoms with Gasteiger partial charge in [0, 0.05) is 11.7 Å². The Labute approximate surface area is 61.1 Å². The van der Waals surface area contributed by atoms with Crippen LogP contribution in [-0.2, 0) is 0 Å². The zero-order valence-electron chi connectivity index (χ0n) is 6.22. The largest absolute Gasteiger partial charge is 0.363 e. The van der Waals surface area contributed by atoms with Gasteiger partial charge in [0.1, 0.15) is 0 Å². The highest BCUT2D eigenvalue weighted by Gasteiger charge is 2.19. The van der Waals surface area contributed by atoms with E-state index < -0.39 is 0 Å². The van der Waals surface area contributed by atoms with Crippen LogP contribution in [0.1, 0.15) is 20.8 Å². The molecule has 0 radical (unpaired) electrons. The molecule has 0 saturated carbocycles. The minimum absolute atomic E-state index is 0.306.